The molecule has 1 heteroatoms. The molecule has 2 aliphatic carbocycles. The summed E-state index contributed by atoms with van der Waals surface area (Å²) in [5.41, 5.74) is 1.01. The van der Waals surface area contributed by atoms with Crippen molar-refractivity contribution >= 4 is 0 Å². The van der Waals surface area contributed by atoms with E-state index in [1.54, 1.807) is 0 Å². The third kappa shape index (κ3) is 1.59. The van der Waals surface area contributed by atoms with Crippen molar-refractivity contribution in [2.24, 2.45) is 22.7 Å². The minimum absolute atomic E-state index is 0.370. The van der Waals surface area contributed by atoms with E-state index in [9.17, 15) is 0 Å². The second-order valence-electron chi connectivity index (χ2n) is 5.97. The SMILES string of the molecule is CC1(C)CC1CC[C@@]1(C)C[C@H]1C#N. The van der Waals surface area contributed by atoms with Crippen molar-refractivity contribution in [1.29, 1.82) is 5.26 Å². The van der Waals surface area contributed by atoms with Crippen LogP contribution in [0.4, 0.5) is 0 Å². The molecule has 0 aromatic heterocycles. The fourth-order valence-electron chi connectivity index (χ4n) is 2.46. The Morgan fingerprint density at radius 2 is 1.92 bits per heavy atom. The van der Waals surface area contributed by atoms with Gasteiger partial charge in [-0.25, -0.2) is 0 Å². The highest BCUT2D eigenvalue weighted by atomic mass is 14.6. The zero-order valence-corrected chi connectivity index (χ0v) is 8.93. The molecule has 13 heavy (non-hydrogen) atoms. The second kappa shape index (κ2) is 2.50. The van der Waals surface area contributed by atoms with E-state index in [-0.39, 0.29) is 0 Å². The van der Waals surface area contributed by atoms with Crippen LogP contribution in [0.1, 0.15) is 46.5 Å². The Balaban J connectivity index is 1.74. The number of hydrogen-bond donors (Lipinski definition) is 0. The minimum Gasteiger partial charge on any atom is -0.198 e. The molecule has 2 rings (SSSR count). The molecule has 0 aromatic rings. The first-order valence-electron chi connectivity index (χ1n) is 5.38. The van der Waals surface area contributed by atoms with Gasteiger partial charge >= 0.3 is 0 Å². The molecule has 72 valence electrons. The van der Waals surface area contributed by atoms with Crippen LogP contribution in [0.5, 0.6) is 0 Å². The Bertz CT molecular complexity index is 261. The van der Waals surface area contributed by atoms with Crippen molar-refractivity contribution in [2.45, 2.75) is 46.5 Å². The van der Waals surface area contributed by atoms with E-state index in [4.69, 9.17) is 5.26 Å². The molecule has 2 saturated carbocycles. The lowest BCUT2D eigenvalue weighted by atomic mass is 9.96. The van der Waals surface area contributed by atoms with E-state index < -0.39 is 0 Å². The Labute approximate surface area is 81.1 Å². The highest BCUT2D eigenvalue weighted by Gasteiger charge is 2.52. The maximum Gasteiger partial charge on any atom is 0.0661 e. The van der Waals surface area contributed by atoms with Crippen LogP contribution < -0.4 is 0 Å². The Hall–Kier alpha value is -0.510. The first-order valence-corrected chi connectivity index (χ1v) is 5.38. The maximum absolute atomic E-state index is 8.78. The van der Waals surface area contributed by atoms with Gasteiger partial charge in [0.15, 0.2) is 0 Å². The highest BCUT2D eigenvalue weighted by molar-refractivity contribution is 5.10. The predicted octanol–water partition coefficient (Wildman–Crippen LogP) is 3.36. The standard InChI is InChI=1S/C12H19N/c1-11(2)6-9(11)4-5-12(3)7-10(12)8-13/h9-10H,4-7H2,1-3H3/t9?,10-,12-/m0/s1. The molecule has 0 N–H and O–H groups in total. The zero-order chi connectivity index (χ0) is 9.69. The van der Waals surface area contributed by atoms with Crippen LogP contribution in [0.25, 0.3) is 0 Å². The van der Waals surface area contributed by atoms with Gasteiger partial charge in [0, 0.05) is 0 Å². The van der Waals surface area contributed by atoms with Gasteiger partial charge in [-0.05, 0) is 42.4 Å². The average molecular weight is 177 g/mol. The van der Waals surface area contributed by atoms with Crippen molar-refractivity contribution in [3.05, 3.63) is 0 Å². The molecule has 0 radical (unpaired) electrons. The molecule has 0 amide bonds. The van der Waals surface area contributed by atoms with Crippen LogP contribution in [0, 0.1) is 34.0 Å². The molecular formula is C12H19N. The van der Waals surface area contributed by atoms with Crippen molar-refractivity contribution in [1.82, 2.24) is 0 Å². The molecule has 2 aliphatic rings. The average Bonchev–Trinajstić information content (AvgIpc) is 2.87. The molecule has 3 atom stereocenters. The molecule has 0 bridgehead atoms. The summed E-state index contributed by atoms with van der Waals surface area (Å²) in [6.07, 6.45) is 5.18. The van der Waals surface area contributed by atoms with Crippen molar-refractivity contribution in [3.8, 4) is 6.07 Å². The first-order chi connectivity index (χ1) is 5.98. The summed E-state index contributed by atoms with van der Waals surface area (Å²) in [6.45, 7) is 6.99. The quantitative estimate of drug-likeness (QED) is 0.648. The van der Waals surface area contributed by atoms with Gasteiger partial charge in [-0.15, -0.1) is 0 Å². The van der Waals surface area contributed by atoms with Gasteiger partial charge in [-0.1, -0.05) is 20.8 Å². The van der Waals surface area contributed by atoms with E-state index in [2.05, 4.69) is 26.8 Å². The van der Waals surface area contributed by atoms with E-state index in [1.165, 1.54) is 19.3 Å². The van der Waals surface area contributed by atoms with Crippen molar-refractivity contribution in [2.75, 3.05) is 0 Å². The number of nitrogens with zero attached hydrogens (tertiary/aromatic N) is 1. The van der Waals surface area contributed by atoms with Gasteiger partial charge in [0.25, 0.3) is 0 Å². The third-order valence-corrected chi connectivity index (χ3v) is 4.29. The molecule has 2 fully saturated rings. The maximum atomic E-state index is 8.78. The zero-order valence-electron chi connectivity index (χ0n) is 8.93. The van der Waals surface area contributed by atoms with Crippen molar-refractivity contribution < 1.29 is 0 Å². The van der Waals surface area contributed by atoms with Crippen molar-refractivity contribution in [3.63, 3.8) is 0 Å². The third-order valence-electron chi connectivity index (χ3n) is 4.29. The molecule has 0 saturated heterocycles. The second-order valence-corrected chi connectivity index (χ2v) is 5.97. The molecule has 0 aliphatic heterocycles. The first kappa shape index (κ1) is 9.06. The molecule has 1 nitrogen and oxygen atoms in total. The molecule has 0 spiro atoms. The molecule has 0 aromatic carbocycles. The Kier molecular flexibility index (Phi) is 1.74. The number of rotatable bonds is 3. The Morgan fingerprint density at radius 1 is 1.31 bits per heavy atom. The van der Waals surface area contributed by atoms with Gasteiger partial charge in [0.1, 0.15) is 0 Å². The van der Waals surface area contributed by atoms with E-state index in [0.717, 1.165) is 12.3 Å². The fraction of sp³-hybridized carbons (Fsp3) is 0.917. The van der Waals surface area contributed by atoms with Gasteiger partial charge in [0.2, 0.25) is 0 Å². The topological polar surface area (TPSA) is 23.8 Å². The van der Waals surface area contributed by atoms with Crippen LogP contribution in [-0.2, 0) is 0 Å². The van der Waals surface area contributed by atoms with Gasteiger partial charge in [-0.2, -0.15) is 5.26 Å². The summed E-state index contributed by atoms with van der Waals surface area (Å²) >= 11 is 0. The van der Waals surface area contributed by atoms with Gasteiger partial charge in [-0.3, -0.25) is 0 Å². The smallest absolute Gasteiger partial charge is 0.0661 e. The number of hydrogen-bond acceptors (Lipinski definition) is 1. The minimum atomic E-state index is 0.370. The summed E-state index contributed by atoms with van der Waals surface area (Å²) in [6, 6.07) is 2.39. The summed E-state index contributed by atoms with van der Waals surface area (Å²) in [5, 5.41) is 8.78. The number of nitriles is 1. The molecule has 0 heterocycles. The molecular weight excluding hydrogens is 158 g/mol. The monoisotopic (exact) mass is 177 g/mol. The van der Waals surface area contributed by atoms with Crippen LogP contribution in [-0.4, -0.2) is 0 Å². The van der Waals surface area contributed by atoms with E-state index >= 15 is 0 Å². The summed E-state index contributed by atoms with van der Waals surface area (Å²) < 4.78 is 0. The largest absolute Gasteiger partial charge is 0.198 e. The van der Waals surface area contributed by atoms with E-state index in [1.807, 2.05) is 0 Å². The Morgan fingerprint density at radius 3 is 2.31 bits per heavy atom. The normalized spacial score (nSPS) is 45.4. The van der Waals surface area contributed by atoms with Crippen LogP contribution in [0.3, 0.4) is 0 Å². The fourth-order valence-corrected chi connectivity index (χ4v) is 2.46. The summed E-state index contributed by atoms with van der Waals surface area (Å²) in [4.78, 5) is 0. The predicted molar refractivity (Wildman–Crippen MR) is 52.9 cm³/mol. The van der Waals surface area contributed by atoms with Gasteiger partial charge < -0.3 is 0 Å². The summed E-state index contributed by atoms with van der Waals surface area (Å²) in [5.74, 6) is 1.32. The highest BCUT2D eigenvalue weighted by Crippen LogP contribution is 2.60. The van der Waals surface area contributed by atoms with E-state index in [0.29, 0.717) is 16.7 Å². The van der Waals surface area contributed by atoms with Crippen LogP contribution >= 0.6 is 0 Å². The lowest BCUT2D eigenvalue weighted by Gasteiger charge is -2.09. The lowest BCUT2D eigenvalue weighted by molar-refractivity contribution is 0.422. The summed E-state index contributed by atoms with van der Waals surface area (Å²) in [7, 11) is 0. The van der Waals surface area contributed by atoms with Gasteiger partial charge in [0.05, 0.1) is 12.0 Å². The molecule has 1 unspecified atom stereocenters. The van der Waals surface area contributed by atoms with Crippen LogP contribution in [0.2, 0.25) is 0 Å². The lowest BCUT2D eigenvalue weighted by Crippen LogP contribution is -1.99. The van der Waals surface area contributed by atoms with Crippen LogP contribution in [0.15, 0.2) is 0 Å².